The van der Waals surface area contributed by atoms with E-state index in [1.54, 1.807) is 11.8 Å². The van der Waals surface area contributed by atoms with E-state index in [4.69, 9.17) is 4.99 Å². The number of anilines is 1. The minimum atomic E-state index is 0.0485. The normalized spacial score (nSPS) is 25.5. The number of thioether (sulfide) groups is 1. The van der Waals surface area contributed by atoms with Gasteiger partial charge in [-0.1, -0.05) is 43.7 Å². The molecule has 120 valence electrons. The number of amidine groups is 1. The summed E-state index contributed by atoms with van der Waals surface area (Å²) in [5.41, 5.74) is 3.32. The molecule has 0 radical (unpaired) electrons. The van der Waals surface area contributed by atoms with E-state index in [9.17, 15) is 4.79 Å². The molecule has 0 bridgehead atoms. The molecule has 0 saturated heterocycles. The van der Waals surface area contributed by atoms with Crippen LogP contribution < -0.4 is 5.32 Å². The van der Waals surface area contributed by atoms with Crippen LogP contribution in [0.3, 0.4) is 0 Å². The van der Waals surface area contributed by atoms with Gasteiger partial charge in [0, 0.05) is 17.5 Å². The second kappa shape index (κ2) is 6.04. The maximum absolute atomic E-state index is 11.5. The molecule has 2 aliphatic heterocycles. The van der Waals surface area contributed by atoms with E-state index in [0.717, 1.165) is 5.69 Å². The predicted octanol–water partition coefficient (Wildman–Crippen LogP) is 4.06. The van der Waals surface area contributed by atoms with Gasteiger partial charge in [-0.2, -0.15) is 0 Å². The van der Waals surface area contributed by atoms with E-state index >= 15 is 0 Å². The summed E-state index contributed by atoms with van der Waals surface area (Å²) in [5.74, 6) is 0.0485. The van der Waals surface area contributed by atoms with Crippen molar-refractivity contribution in [1.29, 1.82) is 0 Å². The Morgan fingerprint density at radius 3 is 2.87 bits per heavy atom. The first-order valence-electron chi connectivity index (χ1n) is 8.40. The molecule has 4 rings (SSSR count). The molecule has 0 aromatic heterocycles. The van der Waals surface area contributed by atoms with E-state index in [1.807, 2.05) is 19.1 Å². The molecule has 2 atom stereocenters. The van der Waals surface area contributed by atoms with E-state index in [0.29, 0.717) is 18.5 Å². The predicted molar refractivity (Wildman–Crippen MR) is 96.2 cm³/mol. The summed E-state index contributed by atoms with van der Waals surface area (Å²) < 4.78 is 0. The van der Waals surface area contributed by atoms with Gasteiger partial charge in [0.2, 0.25) is 5.91 Å². The first-order chi connectivity index (χ1) is 11.3. The monoisotopic (exact) mass is 327 g/mol. The van der Waals surface area contributed by atoms with Crippen molar-refractivity contribution in [3.63, 3.8) is 0 Å². The molecule has 1 aliphatic carbocycles. The third-order valence-electron chi connectivity index (χ3n) is 4.83. The third-order valence-corrected chi connectivity index (χ3v) is 5.68. The van der Waals surface area contributed by atoms with Gasteiger partial charge in [0.25, 0.3) is 0 Å². The van der Waals surface area contributed by atoms with Gasteiger partial charge in [-0.05, 0) is 30.5 Å². The number of nitrogens with zero attached hydrogens (tertiary/aromatic N) is 2. The van der Waals surface area contributed by atoms with Crippen molar-refractivity contribution in [1.82, 2.24) is 4.90 Å². The number of hydrogen-bond acceptors (Lipinski definition) is 4. The quantitative estimate of drug-likeness (QED) is 0.910. The number of benzene rings is 1. The van der Waals surface area contributed by atoms with Gasteiger partial charge in [-0.3, -0.25) is 9.79 Å². The Morgan fingerprint density at radius 2 is 2.09 bits per heavy atom. The van der Waals surface area contributed by atoms with Crippen LogP contribution in [-0.4, -0.2) is 28.1 Å². The van der Waals surface area contributed by atoms with Crippen molar-refractivity contribution in [3.05, 3.63) is 35.2 Å². The number of fused-ring (bicyclic) bond motifs is 3. The summed E-state index contributed by atoms with van der Waals surface area (Å²) in [4.78, 5) is 18.8. The van der Waals surface area contributed by atoms with Crippen molar-refractivity contribution in [2.45, 2.75) is 51.1 Å². The van der Waals surface area contributed by atoms with Crippen LogP contribution in [0.25, 0.3) is 5.70 Å². The second-order valence-corrected chi connectivity index (χ2v) is 7.14. The van der Waals surface area contributed by atoms with Crippen LogP contribution in [0.4, 0.5) is 5.69 Å². The van der Waals surface area contributed by atoms with Crippen LogP contribution in [0.15, 0.2) is 34.7 Å². The molecule has 2 heterocycles. The van der Waals surface area contributed by atoms with Crippen LogP contribution in [-0.2, 0) is 4.79 Å². The maximum Gasteiger partial charge on any atom is 0.224 e. The summed E-state index contributed by atoms with van der Waals surface area (Å²) in [6.45, 7) is 1.86. The zero-order valence-corrected chi connectivity index (χ0v) is 14.1. The largest absolute Gasteiger partial charge is 0.326 e. The highest BCUT2D eigenvalue weighted by atomic mass is 32.2. The lowest BCUT2D eigenvalue weighted by Crippen LogP contribution is -2.38. The number of hydrogen-bond donors (Lipinski definition) is 1. The lowest BCUT2D eigenvalue weighted by molar-refractivity contribution is -0.115. The SMILES string of the molecule is CCC(=O)Nc1ccc(C2=CSC3=N[C@@H]4CCCC[C@@H]4N23)cc1. The topological polar surface area (TPSA) is 44.7 Å². The van der Waals surface area contributed by atoms with E-state index in [2.05, 4.69) is 27.8 Å². The first kappa shape index (κ1) is 14.8. The number of rotatable bonds is 3. The van der Waals surface area contributed by atoms with Crippen LogP contribution in [0.5, 0.6) is 0 Å². The summed E-state index contributed by atoms with van der Waals surface area (Å²) in [6.07, 6.45) is 5.57. The second-order valence-electron chi connectivity index (χ2n) is 6.30. The van der Waals surface area contributed by atoms with Gasteiger partial charge in [-0.15, -0.1) is 0 Å². The van der Waals surface area contributed by atoms with E-state index in [-0.39, 0.29) is 5.91 Å². The highest BCUT2D eigenvalue weighted by Gasteiger charge is 2.41. The molecule has 1 N–H and O–H groups in total. The summed E-state index contributed by atoms with van der Waals surface area (Å²) >= 11 is 1.74. The smallest absolute Gasteiger partial charge is 0.224 e. The van der Waals surface area contributed by atoms with E-state index < -0.39 is 0 Å². The fraction of sp³-hybridized carbons (Fsp3) is 0.444. The molecular formula is C18H21N3OS. The number of carbonyl (C=O) groups excluding carboxylic acids is 1. The zero-order valence-electron chi connectivity index (χ0n) is 13.3. The van der Waals surface area contributed by atoms with Crippen LogP contribution in [0.1, 0.15) is 44.6 Å². The number of nitrogens with one attached hydrogen (secondary N) is 1. The molecular weight excluding hydrogens is 306 g/mol. The average Bonchev–Trinajstić information content (AvgIpc) is 3.14. The molecule has 1 fully saturated rings. The van der Waals surface area contributed by atoms with Crippen molar-refractivity contribution in [2.24, 2.45) is 4.99 Å². The van der Waals surface area contributed by atoms with Crippen LogP contribution in [0.2, 0.25) is 0 Å². The molecule has 0 unspecified atom stereocenters. The molecule has 5 heteroatoms. The fourth-order valence-electron chi connectivity index (χ4n) is 3.60. The third kappa shape index (κ3) is 2.67. The molecule has 23 heavy (non-hydrogen) atoms. The average molecular weight is 327 g/mol. The van der Waals surface area contributed by atoms with Crippen molar-refractivity contribution >= 4 is 34.2 Å². The molecule has 3 aliphatic rings. The molecule has 1 aromatic rings. The summed E-state index contributed by atoms with van der Waals surface area (Å²) in [5, 5.41) is 6.28. The van der Waals surface area contributed by atoms with Crippen molar-refractivity contribution in [3.8, 4) is 0 Å². The lowest BCUT2D eigenvalue weighted by atomic mass is 9.90. The minimum Gasteiger partial charge on any atom is -0.326 e. The Balaban J connectivity index is 1.54. The Morgan fingerprint density at radius 1 is 1.30 bits per heavy atom. The van der Waals surface area contributed by atoms with Crippen LogP contribution in [0, 0.1) is 0 Å². The Labute approximate surface area is 141 Å². The van der Waals surface area contributed by atoms with Gasteiger partial charge >= 0.3 is 0 Å². The Bertz CT molecular complexity index is 680. The van der Waals surface area contributed by atoms with Gasteiger partial charge < -0.3 is 10.2 Å². The standard InChI is InChI=1S/C18H21N3OS/c1-2-17(22)19-13-9-7-12(8-10-13)16-11-23-18-20-14-5-3-4-6-15(14)21(16)18/h7-11,14-15H,2-6H2,1H3,(H,19,22)/t14-,15+/m1/s1. The Hall–Kier alpha value is -1.75. The molecule has 1 amide bonds. The van der Waals surface area contributed by atoms with Gasteiger partial charge in [0.05, 0.1) is 17.8 Å². The highest BCUT2D eigenvalue weighted by Crippen LogP contribution is 2.44. The lowest BCUT2D eigenvalue weighted by Gasteiger charge is -2.32. The van der Waals surface area contributed by atoms with Crippen molar-refractivity contribution < 1.29 is 4.79 Å². The van der Waals surface area contributed by atoms with Gasteiger partial charge in [-0.25, -0.2) is 0 Å². The van der Waals surface area contributed by atoms with Gasteiger partial charge in [0.1, 0.15) is 0 Å². The molecule has 1 aromatic carbocycles. The van der Waals surface area contributed by atoms with E-state index in [1.165, 1.54) is 42.1 Å². The van der Waals surface area contributed by atoms with Gasteiger partial charge in [0.15, 0.2) is 5.17 Å². The number of aliphatic imine (C=N–C) groups is 1. The van der Waals surface area contributed by atoms with Crippen LogP contribution >= 0.6 is 11.8 Å². The Kier molecular flexibility index (Phi) is 3.89. The summed E-state index contributed by atoms with van der Waals surface area (Å²) in [7, 11) is 0. The molecule has 0 spiro atoms. The minimum absolute atomic E-state index is 0.0485. The summed E-state index contributed by atoms with van der Waals surface area (Å²) in [6, 6.07) is 9.18. The number of amides is 1. The maximum atomic E-state index is 11.5. The molecule has 1 saturated carbocycles. The van der Waals surface area contributed by atoms with Crippen molar-refractivity contribution in [2.75, 3.05) is 5.32 Å². The number of carbonyl (C=O) groups is 1. The highest BCUT2D eigenvalue weighted by molar-refractivity contribution is 8.16. The fourth-order valence-corrected chi connectivity index (χ4v) is 4.61. The zero-order chi connectivity index (χ0) is 15.8. The first-order valence-corrected chi connectivity index (χ1v) is 9.28. The molecule has 4 nitrogen and oxygen atoms in total.